The van der Waals surface area contributed by atoms with Crippen molar-refractivity contribution in [1.82, 2.24) is 15.5 Å². The van der Waals surface area contributed by atoms with Gasteiger partial charge in [0.1, 0.15) is 17.1 Å². The highest BCUT2D eigenvalue weighted by Crippen LogP contribution is 2.23. The Morgan fingerprint density at radius 2 is 2.04 bits per heavy atom. The van der Waals surface area contributed by atoms with E-state index in [1.165, 1.54) is 12.8 Å². The minimum Gasteiger partial charge on any atom is -0.463 e. The van der Waals surface area contributed by atoms with E-state index in [2.05, 4.69) is 27.6 Å². The zero-order valence-corrected chi connectivity index (χ0v) is 18.2. The molecule has 7 heteroatoms. The number of hydrogen-bond donors (Lipinski definition) is 3. The molecule has 0 aromatic carbocycles. The molecule has 1 aliphatic rings. The highest BCUT2D eigenvalue weighted by molar-refractivity contribution is 14.0. The molecule has 0 amide bonds. The average Bonchev–Trinajstić information content (AvgIpc) is 2.99. The zero-order valence-electron chi connectivity index (χ0n) is 15.8. The Balaban J connectivity index is 0.00000312. The van der Waals surface area contributed by atoms with Crippen LogP contribution in [-0.4, -0.2) is 55.7 Å². The maximum Gasteiger partial charge on any atom is 0.191 e. The minimum atomic E-state index is -1.11. The van der Waals surface area contributed by atoms with Crippen LogP contribution in [0.4, 0.5) is 0 Å². The van der Waals surface area contributed by atoms with Crippen molar-refractivity contribution < 1.29 is 9.52 Å². The standard InChI is InChI=1S/C18H32N4O2.HI/c1-5-19-17(20-12-15-8-10-22(4)11-9-15)21-13-18(3,23)16-7-6-14(2)24-16;/h6-7,15,23H,5,8-13H2,1-4H3,(H2,19,20,21);1H. The molecule has 1 aliphatic heterocycles. The van der Waals surface area contributed by atoms with Crippen molar-refractivity contribution in [3.8, 4) is 0 Å². The molecule has 3 N–H and O–H groups in total. The van der Waals surface area contributed by atoms with E-state index < -0.39 is 5.60 Å². The van der Waals surface area contributed by atoms with E-state index in [4.69, 9.17) is 4.42 Å². The molecule has 2 heterocycles. The molecule has 1 fully saturated rings. The van der Waals surface area contributed by atoms with E-state index in [-0.39, 0.29) is 30.5 Å². The predicted octanol–water partition coefficient (Wildman–Crippen LogP) is 2.31. The molecular formula is C18H33IN4O2. The molecule has 0 saturated carbocycles. The average molecular weight is 464 g/mol. The van der Waals surface area contributed by atoms with Crippen molar-refractivity contribution in [3.05, 3.63) is 23.7 Å². The van der Waals surface area contributed by atoms with Gasteiger partial charge in [-0.3, -0.25) is 0 Å². The van der Waals surface area contributed by atoms with Gasteiger partial charge < -0.3 is 25.1 Å². The van der Waals surface area contributed by atoms with Gasteiger partial charge in [-0.25, -0.2) is 4.99 Å². The van der Waals surface area contributed by atoms with Gasteiger partial charge in [-0.2, -0.15) is 0 Å². The lowest BCUT2D eigenvalue weighted by molar-refractivity contribution is 0.0428. The van der Waals surface area contributed by atoms with Gasteiger partial charge in [0.25, 0.3) is 0 Å². The molecule has 0 bridgehead atoms. The second kappa shape index (κ2) is 10.4. The summed E-state index contributed by atoms with van der Waals surface area (Å²) in [6.07, 6.45) is 2.43. The van der Waals surface area contributed by atoms with Crippen LogP contribution in [0.2, 0.25) is 0 Å². The monoisotopic (exact) mass is 464 g/mol. The van der Waals surface area contributed by atoms with Crippen LogP contribution in [0.25, 0.3) is 0 Å². The first-order valence-corrected chi connectivity index (χ1v) is 8.90. The maximum absolute atomic E-state index is 10.6. The molecule has 2 rings (SSSR count). The Hall–Kier alpha value is -0.800. The van der Waals surface area contributed by atoms with Gasteiger partial charge in [0.05, 0.1) is 6.54 Å². The first-order valence-electron chi connectivity index (χ1n) is 8.90. The van der Waals surface area contributed by atoms with Gasteiger partial charge in [0.2, 0.25) is 0 Å². The molecule has 0 radical (unpaired) electrons. The largest absolute Gasteiger partial charge is 0.463 e. The fourth-order valence-electron chi connectivity index (χ4n) is 2.88. The summed E-state index contributed by atoms with van der Waals surface area (Å²) in [4.78, 5) is 6.92. The zero-order chi connectivity index (χ0) is 17.6. The highest BCUT2D eigenvalue weighted by atomic mass is 127. The first kappa shape index (κ1) is 22.2. The van der Waals surface area contributed by atoms with Gasteiger partial charge in [-0.1, -0.05) is 0 Å². The fourth-order valence-corrected chi connectivity index (χ4v) is 2.88. The topological polar surface area (TPSA) is 73.0 Å². The number of aryl methyl sites for hydroxylation is 1. The van der Waals surface area contributed by atoms with E-state index in [1.807, 2.05) is 26.0 Å². The molecule has 1 saturated heterocycles. The smallest absolute Gasteiger partial charge is 0.191 e. The van der Waals surface area contributed by atoms with Crippen LogP contribution in [0.3, 0.4) is 0 Å². The van der Waals surface area contributed by atoms with Gasteiger partial charge >= 0.3 is 0 Å². The summed E-state index contributed by atoms with van der Waals surface area (Å²) >= 11 is 0. The number of nitrogens with one attached hydrogen (secondary N) is 2. The van der Waals surface area contributed by atoms with Crippen LogP contribution < -0.4 is 10.6 Å². The molecule has 0 aliphatic carbocycles. The Labute approximate surface area is 168 Å². The Bertz CT molecular complexity index is 537. The third-order valence-corrected chi connectivity index (χ3v) is 4.56. The molecule has 0 spiro atoms. The third-order valence-electron chi connectivity index (χ3n) is 4.56. The third kappa shape index (κ3) is 7.15. The van der Waals surface area contributed by atoms with Crippen LogP contribution in [0.5, 0.6) is 0 Å². The summed E-state index contributed by atoms with van der Waals surface area (Å²) in [6, 6.07) is 3.67. The number of nitrogens with zero attached hydrogens (tertiary/aromatic N) is 2. The summed E-state index contributed by atoms with van der Waals surface area (Å²) in [6.45, 7) is 9.93. The second-order valence-corrected chi connectivity index (χ2v) is 7.01. The molecule has 25 heavy (non-hydrogen) atoms. The number of aliphatic hydroxyl groups is 1. The van der Waals surface area contributed by atoms with Crippen molar-refractivity contribution in [1.29, 1.82) is 0 Å². The van der Waals surface area contributed by atoms with E-state index in [0.717, 1.165) is 37.9 Å². The van der Waals surface area contributed by atoms with Crippen LogP contribution in [-0.2, 0) is 5.60 Å². The first-order chi connectivity index (χ1) is 11.4. The van der Waals surface area contributed by atoms with Crippen molar-refractivity contribution >= 4 is 29.9 Å². The molecular weight excluding hydrogens is 431 g/mol. The van der Waals surface area contributed by atoms with Crippen LogP contribution in [0.15, 0.2) is 21.5 Å². The molecule has 144 valence electrons. The van der Waals surface area contributed by atoms with Crippen LogP contribution in [0.1, 0.15) is 38.2 Å². The van der Waals surface area contributed by atoms with Gasteiger partial charge in [0.15, 0.2) is 5.96 Å². The van der Waals surface area contributed by atoms with Crippen molar-refractivity contribution in [2.24, 2.45) is 10.9 Å². The molecule has 6 nitrogen and oxygen atoms in total. The minimum absolute atomic E-state index is 0. The number of furan rings is 1. The number of likely N-dealkylation sites (tertiary alicyclic amines) is 1. The van der Waals surface area contributed by atoms with E-state index in [0.29, 0.717) is 11.7 Å². The maximum atomic E-state index is 10.6. The number of aliphatic imine (C=N–C) groups is 1. The molecule has 1 aromatic heterocycles. The normalized spacial score (nSPS) is 19.2. The lowest BCUT2D eigenvalue weighted by Gasteiger charge is -2.29. The number of hydrogen-bond acceptors (Lipinski definition) is 4. The van der Waals surface area contributed by atoms with Crippen molar-refractivity contribution in [3.63, 3.8) is 0 Å². The molecule has 1 atom stereocenters. The number of piperidine rings is 1. The number of guanidine groups is 1. The summed E-state index contributed by atoms with van der Waals surface area (Å²) in [5.41, 5.74) is -1.11. The summed E-state index contributed by atoms with van der Waals surface area (Å²) in [7, 11) is 2.17. The Morgan fingerprint density at radius 3 is 2.60 bits per heavy atom. The van der Waals surface area contributed by atoms with E-state index in [1.54, 1.807) is 6.92 Å². The van der Waals surface area contributed by atoms with Crippen LogP contribution in [0, 0.1) is 12.8 Å². The molecule has 1 aromatic rings. The van der Waals surface area contributed by atoms with E-state index >= 15 is 0 Å². The SMILES string of the molecule is CCNC(=NCC(C)(O)c1ccc(C)o1)NCC1CCN(C)CC1.I. The van der Waals surface area contributed by atoms with E-state index in [9.17, 15) is 5.11 Å². The van der Waals surface area contributed by atoms with Gasteiger partial charge in [-0.15, -0.1) is 24.0 Å². The lowest BCUT2D eigenvalue weighted by Crippen LogP contribution is -2.43. The highest BCUT2D eigenvalue weighted by Gasteiger charge is 2.26. The second-order valence-electron chi connectivity index (χ2n) is 7.01. The summed E-state index contributed by atoms with van der Waals surface area (Å²) < 4.78 is 5.54. The van der Waals surface area contributed by atoms with Gasteiger partial charge in [-0.05, 0) is 71.8 Å². The Kier molecular flexibility index (Phi) is 9.23. The molecule has 1 unspecified atom stereocenters. The number of halogens is 1. The summed E-state index contributed by atoms with van der Waals surface area (Å²) in [5.74, 6) is 2.77. The van der Waals surface area contributed by atoms with Crippen LogP contribution >= 0.6 is 24.0 Å². The lowest BCUT2D eigenvalue weighted by atomic mass is 9.97. The Morgan fingerprint density at radius 1 is 1.36 bits per heavy atom. The van der Waals surface area contributed by atoms with Crippen molar-refractivity contribution in [2.75, 3.05) is 39.8 Å². The fraction of sp³-hybridized carbons (Fsp3) is 0.722. The number of rotatable bonds is 6. The quantitative estimate of drug-likeness (QED) is 0.343. The summed E-state index contributed by atoms with van der Waals surface area (Å²) in [5, 5.41) is 17.3. The van der Waals surface area contributed by atoms with Crippen molar-refractivity contribution in [2.45, 2.75) is 39.2 Å². The predicted molar refractivity (Wildman–Crippen MR) is 113 cm³/mol. The van der Waals surface area contributed by atoms with Gasteiger partial charge in [0, 0.05) is 13.1 Å².